The summed E-state index contributed by atoms with van der Waals surface area (Å²) in [4.78, 5) is 3.76. The number of hydrogen-bond donors (Lipinski definition) is 4. The minimum absolute atomic E-state index is 0.00291. The lowest BCUT2D eigenvalue weighted by Gasteiger charge is -2.21. The molecule has 2 rings (SSSR count). The summed E-state index contributed by atoms with van der Waals surface area (Å²) in [6.45, 7) is 4.30. The van der Waals surface area contributed by atoms with E-state index in [-0.39, 0.29) is 37.2 Å². The fourth-order valence-electron chi connectivity index (χ4n) is 3.67. The van der Waals surface area contributed by atoms with Gasteiger partial charge in [0.1, 0.15) is 17.6 Å². The number of guanidine groups is 1. The molecule has 2 aromatic carbocycles. The third kappa shape index (κ3) is 9.59. The lowest BCUT2D eigenvalue weighted by Crippen LogP contribution is -2.23. The Kier molecular flexibility index (Phi) is 11.0. The molecule has 0 unspecified atom stereocenters. The number of aliphatic imine (C=N–C) groups is 1. The van der Waals surface area contributed by atoms with Crippen molar-refractivity contribution >= 4 is 16.1 Å². The van der Waals surface area contributed by atoms with Gasteiger partial charge in [0.25, 0.3) is 10.1 Å². The van der Waals surface area contributed by atoms with Gasteiger partial charge < -0.3 is 26.0 Å². The highest BCUT2D eigenvalue weighted by atomic mass is 32.2. The minimum Gasteiger partial charge on any atom is -0.508 e. The fourth-order valence-corrected chi connectivity index (χ4v) is 4.50. The zero-order valence-electron chi connectivity index (χ0n) is 20.1. The SMILES string of the molecule is CCO[C@H](/C=C/C[C@@H](C[C@H](CC)c1ccc(OCN=C(N)N)cc1)S(=O)(=O)O)c1ccc(O)cc1. The highest BCUT2D eigenvalue weighted by molar-refractivity contribution is 7.86. The average molecular weight is 506 g/mol. The molecule has 0 amide bonds. The maximum absolute atomic E-state index is 12.2. The van der Waals surface area contributed by atoms with Gasteiger partial charge in [-0.15, -0.1) is 0 Å². The van der Waals surface area contributed by atoms with Crippen molar-refractivity contribution in [3.05, 3.63) is 71.8 Å². The summed E-state index contributed by atoms with van der Waals surface area (Å²) in [5.41, 5.74) is 12.3. The summed E-state index contributed by atoms with van der Waals surface area (Å²) in [7, 11) is -4.28. The molecule has 0 bridgehead atoms. The molecule has 0 heterocycles. The van der Waals surface area contributed by atoms with Crippen molar-refractivity contribution in [2.24, 2.45) is 16.5 Å². The monoisotopic (exact) mass is 505 g/mol. The lowest BCUT2D eigenvalue weighted by molar-refractivity contribution is 0.0965. The molecule has 0 saturated carbocycles. The van der Waals surface area contributed by atoms with E-state index in [2.05, 4.69) is 4.99 Å². The molecule has 192 valence electrons. The first-order valence-corrected chi connectivity index (χ1v) is 13.0. The van der Waals surface area contributed by atoms with E-state index in [1.807, 2.05) is 26.0 Å². The third-order valence-electron chi connectivity index (χ3n) is 5.57. The van der Waals surface area contributed by atoms with E-state index in [1.165, 1.54) is 0 Å². The molecule has 0 fully saturated rings. The van der Waals surface area contributed by atoms with Gasteiger partial charge in [-0.3, -0.25) is 4.55 Å². The Morgan fingerprint density at radius 1 is 1.06 bits per heavy atom. The number of ether oxygens (including phenoxy) is 2. The summed E-state index contributed by atoms with van der Waals surface area (Å²) >= 11 is 0. The number of allylic oxidation sites excluding steroid dienone is 1. The molecular formula is C25H35N3O6S. The van der Waals surface area contributed by atoms with Gasteiger partial charge in [-0.2, -0.15) is 8.42 Å². The molecule has 0 aliphatic carbocycles. The van der Waals surface area contributed by atoms with Crippen LogP contribution in [0.15, 0.2) is 65.7 Å². The second kappa shape index (κ2) is 13.7. The van der Waals surface area contributed by atoms with E-state index in [4.69, 9.17) is 20.9 Å². The molecule has 0 aliphatic heterocycles. The molecule has 35 heavy (non-hydrogen) atoms. The number of nitrogens with two attached hydrogens (primary N) is 2. The summed E-state index contributed by atoms with van der Waals surface area (Å²) < 4.78 is 45.4. The first-order valence-electron chi connectivity index (χ1n) is 11.5. The molecule has 2 aromatic rings. The Morgan fingerprint density at radius 2 is 1.69 bits per heavy atom. The lowest BCUT2D eigenvalue weighted by atomic mass is 9.91. The molecule has 0 aliphatic rings. The van der Waals surface area contributed by atoms with Crippen LogP contribution in [0.3, 0.4) is 0 Å². The zero-order valence-corrected chi connectivity index (χ0v) is 20.9. The van der Waals surface area contributed by atoms with Gasteiger partial charge in [0, 0.05) is 6.61 Å². The molecule has 0 saturated heterocycles. The molecule has 9 nitrogen and oxygen atoms in total. The molecule has 0 radical (unpaired) electrons. The van der Waals surface area contributed by atoms with E-state index in [9.17, 15) is 18.1 Å². The van der Waals surface area contributed by atoms with Gasteiger partial charge in [-0.25, -0.2) is 4.99 Å². The highest BCUT2D eigenvalue weighted by Gasteiger charge is 2.26. The van der Waals surface area contributed by atoms with Gasteiger partial charge in [0.05, 0.1) is 5.25 Å². The Morgan fingerprint density at radius 3 is 2.23 bits per heavy atom. The standard InChI is InChI=1S/C25H35N3O6S/c1-3-18(19-10-14-22(15-11-19)34-17-28-25(26)27)16-23(35(30,31)32)6-5-7-24(33-4-2)20-8-12-21(29)13-9-20/h5,7-15,18,23-24,29H,3-4,6,16-17H2,1-2H3,(H4,26,27,28)(H,30,31,32)/b7-5+/t18-,23-,24+/m0/s1. The van der Waals surface area contributed by atoms with E-state index >= 15 is 0 Å². The van der Waals surface area contributed by atoms with Crippen LogP contribution >= 0.6 is 0 Å². The zero-order chi connectivity index (χ0) is 25.8. The topological polar surface area (TPSA) is 157 Å². The molecule has 6 N–H and O–H groups in total. The van der Waals surface area contributed by atoms with Crippen LogP contribution in [0.2, 0.25) is 0 Å². The number of nitrogens with zero attached hydrogens (tertiary/aromatic N) is 1. The van der Waals surface area contributed by atoms with Gasteiger partial charge in [-0.05, 0) is 67.5 Å². The Labute approximate surface area is 207 Å². The second-order valence-corrected chi connectivity index (χ2v) is 9.73. The van der Waals surface area contributed by atoms with Crippen LogP contribution in [-0.2, 0) is 14.9 Å². The van der Waals surface area contributed by atoms with E-state index < -0.39 is 21.5 Å². The Bertz CT molecular complexity index is 1070. The van der Waals surface area contributed by atoms with Crippen LogP contribution in [-0.4, -0.2) is 42.6 Å². The number of phenolic OH excluding ortho intramolecular Hbond substituents is 1. The van der Waals surface area contributed by atoms with E-state index in [0.29, 0.717) is 18.8 Å². The average Bonchev–Trinajstić information content (AvgIpc) is 2.81. The molecule has 0 aromatic heterocycles. The van der Waals surface area contributed by atoms with Gasteiger partial charge in [0.15, 0.2) is 12.7 Å². The normalized spacial score (nSPS) is 14.4. The first kappa shape index (κ1) is 28.2. The van der Waals surface area contributed by atoms with Crippen LogP contribution in [0, 0.1) is 0 Å². The summed E-state index contributed by atoms with van der Waals surface area (Å²) in [6.07, 6.45) is 4.19. The van der Waals surface area contributed by atoms with Crippen molar-refractivity contribution in [1.29, 1.82) is 0 Å². The van der Waals surface area contributed by atoms with Gasteiger partial charge in [0.2, 0.25) is 0 Å². The van der Waals surface area contributed by atoms with Crippen LogP contribution in [0.4, 0.5) is 0 Å². The highest BCUT2D eigenvalue weighted by Crippen LogP contribution is 2.30. The molecule has 10 heteroatoms. The predicted molar refractivity (Wildman–Crippen MR) is 137 cm³/mol. The van der Waals surface area contributed by atoms with Crippen LogP contribution in [0.1, 0.15) is 56.3 Å². The third-order valence-corrected chi connectivity index (χ3v) is 6.80. The molecule has 3 atom stereocenters. The van der Waals surface area contributed by atoms with Crippen LogP contribution in [0.25, 0.3) is 0 Å². The predicted octanol–water partition coefficient (Wildman–Crippen LogP) is 3.87. The number of phenols is 1. The van der Waals surface area contributed by atoms with Crippen molar-refractivity contribution in [2.45, 2.75) is 50.4 Å². The second-order valence-electron chi connectivity index (χ2n) is 8.03. The number of hydrogen-bond acceptors (Lipinski definition) is 6. The summed E-state index contributed by atoms with van der Waals surface area (Å²) in [6, 6.07) is 13.9. The van der Waals surface area contributed by atoms with Crippen molar-refractivity contribution in [3.8, 4) is 11.5 Å². The van der Waals surface area contributed by atoms with E-state index in [0.717, 1.165) is 11.1 Å². The summed E-state index contributed by atoms with van der Waals surface area (Å²) in [5, 5.41) is 8.54. The van der Waals surface area contributed by atoms with Crippen molar-refractivity contribution < 1.29 is 27.6 Å². The van der Waals surface area contributed by atoms with Gasteiger partial charge >= 0.3 is 0 Å². The van der Waals surface area contributed by atoms with Crippen molar-refractivity contribution in [3.63, 3.8) is 0 Å². The fraction of sp³-hybridized carbons (Fsp3) is 0.400. The quantitative estimate of drug-likeness (QED) is 0.130. The van der Waals surface area contributed by atoms with E-state index in [1.54, 1.807) is 48.6 Å². The number of benzene rings is 2. The number of rotatable bonds is 14. The van der Waals surface area contributed by atoms with Crippen LogP contribution in [0.5, 0.6) is 11.5 Å². The number of aromatic hydroxyl groups is 1. The minimum atomic E-state index is -4.28. The molecule has 0 spiro atoms. The summed E-state index contributed by atoms with van der Waals surface area (Å²) in [5.74, 6) is 0.591. The maximum atomic E-state index is 12.2. The van der Waals surface area contributed by atoms with Gasteiger partial charge in [-0.1, -0.05) is 43.3 Å². The molecular weight excluding hydrogens is 470 g/mol. The smallest absolute Gasteiger partial charge is 0.268 e. The van der Waals surface area contributed by atoms with Crippen LogP contribution < -0.4 is 16.2 Å². The first-order chi connectivity index (χ1) is 16.6. The van der Waals surface area contributed by atoms with Crippen molar-refractivity contribution in [1.82, 2.24) is 0 Å². The Hall–Kier alpha value is -3.08. The van der Waals surface area contributed by atoms with Crippen molar-refractivity contribution in [2.75, 3.05) is 13.3 Å². The largest absolute Gasteiger partial charge is 0.508 e. The maximum Gasteiger partial charge on any atom is 0.268 e. The Balaban J connectivity index is 2.10.